The van der Waals surface area contributed by atoms with Crippen LogP contribution in [-0.4, -0.2) is 89.8 Å². The molecule has 0 aromatic heterocycles. The van der Waals surface area contributed by atoms with Crippen molar-refractivity contribution < 1.29 is 29.4 Å². The van der Waals surface area contributed by atoms with Crippen LogP contribution in [0.1, 0.15) is 58.3 Å². The lowest BCUT2D eigenvalue weighted by Crippen LogP contribution is -2.59. The van der Waals surface area contributed by atoms with Crippen molar-refractivity contribution in [3.05, 3.63) is 0 Å². The zero-order valence-electron chi connectivity index (χ0n) is 21.5. The molecule has 0 bridgehead atoms. The van der Waals surface area contributed by atoms with Gasteiger partial charge < -0.3 is 54.8 Å². The first kappa shape index (κ1) is 34.0. The van der Waals surface area contributed by atoms with Crippen molar-refractivity contribution in [3.8, 4) is 0 Å². The molecule has 214 valence electrons. The SMILES string of the molecule is CC(O)C(NC(=O)C(N)CCCCN)C(=O)NC(CCCCN)C(=O)NC(CCCN=C(N)N)C(=O)O. The average molecular weight is 532 g/mol. The first-order valence-electron chi connectivity index (χ1n) is 12.5. The van der Waals surface area contributed by atoms with Gasteiger partial charge in [-0.15, -0.1) is 0 Å². The number of aliphatic imine (C=N–C) groups is 1. The number of hydrogen-bond donors (Lipinski definition) is 10. The first-order valence-corrected chi connectivity index (χ1v) is 12.5. The summed E-state index contributed by atoms with van der Waals surface area (Å²) in [7, 11) is 0. The standard InChI is InChI=1S/C22H45N9O6/c1-13(32)17(31-18(33)14(25)7-2-4-10-23)20(35)29-15(8-3-5-11-24)19(34)30-16(21(36)37)9-6-12-28-22(26)27/h13-17,32H,2-12,23-25H2,1H3,(H,29,35)(H,30,34)(H,31,33)(H,36,37)(H4,26,27,28). The summed E-state index contributed by atoms with van der Waals surface area (Å²) in [4.78, 5) is 53.7. The number of nitrogens with one attached hydrogen (secondary N) is 3. The molecule has 37 heavy (non-hydrogen) atoms. The Kier molecular flexibility index (Phi) is 17.6. The molecule has 0 aliphatic rings. The van der Waals surface area contributed by atoms with Gasteiger partial charge in [0.25, 0.3) is 0 Å². The van der Waals surface area contributed by atoms with Gasteiger partial charge in [0.2, 0.25) is 17.7 Å². The summed E-state index contributed by atoms with van der Waals surface area (Å²) < 4.78 is 0. The third kappa shape index (κ3) is 15.0. The Labute approximate surface area is 217 Å². The van der Waals surface area contributed by atoms with E-state index in [0.717, 1.165) is 0 Å². The van der Waals surface area contributed by atoms with Crippen LogP contribution in [0.5, 0.6) is 0 Å². The number of carbonyl (C=O) groups is 4. The summed E-state index contributed by atoms with van der Waals surface area (Å²) in [6.07, 6.45) is 1.90. The normalized spacial score (nSPS) is 14.9. The number of nitrogens with two attached hydrogens (primary N) is 5. The third-order valence-corrected chi connectivity index (χ3v) is 5.51. The van der Waals surface area contributed by atoms with Gasteiger partial charge in [0.05, 0.1) is 12.1 Å². The van der Waals surface area contributed by atoms with E-state index >= 15 is 0 Å². The first-order chi connectivity index (χ1) is 17.4. The van der Waals surface area contributed by atoms with Crippen LogP contribution >= 0.6 is 0 Å². The van der Waals surface area contributed by atoms with Gasteiger partial charge in [-0.05, 0) is 65.0 Å². The number of aliphatic hydroxyl groups is 1. The molecule has 3 amide bonds. The highest BCUT2D eigenvalue weighted by molar-refractivity contribution is 5.94. The zero-order chi connectivity index (χ0) is 28.4. The van der Waals surface area contributed by atoms with Crippen molar-refractivity contribution in [3.63, 3.8) is 0 Å². The fraction of sp³-hybridized carbons (Fsp3) is 0.773. The highest BCUT2D eigenvalue weighted by atomic mass is 16.4. The Bertz CT molecular complexity index is 746. The molecule has 0 aliphatic heterocycles. The fourth-order valence-corrected chi connectivity index (χ4v) is 3.36. The van der Waals surface area contributed by atoms with E-state index in [1.54, 1.807) is 0 Å². The lowest BCUT2D eigenvalue weighted by atomic mass is 10.0. The summed E-state index contributed by atoms with van der Waals surface area (Å²) in [6.45, 7) is 2.31. The van der Waals surface area contributed by atoms with Gasteiger partial charge >= 0.3 is 5.97 Å². The van der Waals surface area contributed by atoms with E-state index in [9.17, 15) is 29.4 Å². The van der Waals surface area contributed by atoms with Crippen LogP contribution in [0.25, 0.3) is 0 Å². The molecule has 0 aliphatic carbocycles. The Balaban J connectivity index is 5.36. The molecule has 0 aromatic rings. The second kappa shape index (κ2) is 19.1. The van der Waals surface area contributed by atoms with E-state index in [4.69, 9.17) is 28.7 Å². The van der Waals surface area contributed by atoms with E-state index < -0.39 is 54.0 Å². The second-order valence-corrected chi connectivity index (χ2v) is 8.81. The maximum absolute atomic E-state index is 12.9. The molecule has 5 unspecified atom stereocenters. The zero-order valence-corrected chi connectivity index (χ0v) is 21.5. The molecule has 0 rings (SSSR count). The second-order valence-electron chi connectivity index (χ2n) is 8.81. The van der Waals surface area contributed by atoms with Crippen LogP contribution in [0.4, 0.5) is 0 Å². The minimum Gasteiger partial charge on any atom is -0.480 e. The smallest absolute Gasteiger partial charge is 0.326 e. The largest absolute Gasteiger partial charge is 0.480 e. The summed E-state index contributed by atoms with van der Waals surface area (Å²) in [5, 5.41) is 27.0. The fourth-order valence-electron chi connectivity index (χ4n) is 3.36. The highest BCUT2D eigenvalue weighted by Crippen LogP contribution is 2.06. The van der Waals surface area contributed by atoms with E-state index in [0.29, 0.717) is 51.6 Å². The molecule has 0 heterocycles. The lowest BCUT2D eigenvalue weighted by molar-refractivity contribution is -0.142. The highest BCUT2D eigenvalue weighted by Gasteiger charge is 2.32. The maximum atomic E-state index is 12.9. The van der Waals surface area contributed by atoms with Gasteiger partial charge in [-0.3, -0.25) is 19.4 Å². The lowest BCUT2D eigenvalue weighted by Gasteiger charge is -2.26. The van der Waals surface area contributed by atoms with Gasteiger partial charge in [-0.25, -0.2) is 4.79 Å². The number of hydrogen-bond acceptors (Lipinski definition) is 9. The molecular formula is C22H45N9O6. The number of aliphatic hydroxyl groups excluding tert-OH is 1. The number of carboxylic acid groups (broad SMARTS) is 1. The van der Waals surface area contributed by atoms with E-state index in [-0.39, 0.29) is 25.3 Å². The van der Waals surface area contributed by atoms with Crippen LogP contribution in [0.15, 0.2) is 4.99 Å². The molecule has 0 aromatic carbocycles. The molecular weight excluding hydrogens is 486 g/mol. The summed E-state index contributed by atoms with van der Waals surface area (Å²) >= 11 is 0. The quantitative estimate of drug-likeness (QED) is 0.0418. The maximum Gasteiger partial charge on any atom is 0.326 e. The van der Waals surface area contributed by atoms with Crippen molar-refractivity contribution in [2.75, 3.05) is 19.6 Å². The molecule has 0 saturated carbocycles. The van der Waals surface area contributed by atoms with Gasteiger partial charge in [0, 0.05) is 6.54 Å². The van der Waals surface area contributed by atoms with Crippen molar-refractivity contribution >= 4 is 29.7 Å². The number of nitrogens with zero attached hydrogens (tertiary/aromatic N) is 1. The molecule has 0 spiro atoms. The number of carboxylic acids is 1. The molecule has 15 N–H and O–H groups in total. The Morgan fingerprint density at radius 1 is 0.784 bits per heavy atom. The predicted octanol–water partition coefficient (Wildman–Crippen LogP) is -3.45. The number of guanidine groups is 1. The molecule has 0 radical (unpaired) electrons. The Morgan fingerprint density at radius 3 is 1.84 bits per heavy atom. The van der Waals surface area contributed by atoms with Gasteiger partial charge in [0.1, 0.15) is 18.1 Å². The van der Waals surface area contributed by atoms with Crippen LogP contribution < -0.4 is 44.6 Å². The predicted molar refractivity (Wildman–Crippen MR) is 139 cm³/mol. The Hall–Kier alpha value is -3.01. The molecule has 15 heteroatoms. The number of unbranched alkanes of at least 4 members (excludes halogenated alkanes) is 2. The number of aliphatic carboxylic acids is 1. The van der Waals surface area contributed by atoms with Gasteiger partial charge in [0.15, 0.2) is 5.96 Å². The van der Waals surface area contributed by atoms with E-state index in [1.165, 1.54) is 6.92 Å². The van der Waals surface area contributed by atoms with Crippen LogP contribution in [0.2, 0.25) is 0 Å². The van der Waals surface area contributed by atoms with Crippen molar-refractivity contribution in [2.45, 2.75) is 88.6 Å². The average Bonchev–Trinajstić information content (AvgIpc) is 2.82. The van der Waals surface area contributed by atoms with Crippen molar-refractivity contribution in [1.29, 1.82) is 0 Å². The molecule has 15 nitrogen and oxygen atoms in total. The Morgan fingerprint density at radius 2 is 1.32 bits per heavy atom. The van der Waals surface area contributed by atoms with E-state index in [1.807, 2.05) is 0 Å². The van der Waals surface area contributed by atoms with E-state index in [2.05, 4.69) is 20.9 Å². The van der Waals surface area contributed by atoms with Gasteiger partial charge in [-0.1, -0.05) is 6.42 Å². The molecule has 0 fully saturated rings. The topological polar surface area (TPSA) is 287 Å². The molecule has 0 saturated heterocycles. The van der Waals surface area contributed by atoms with Crippen LogP contribution in [0.3, 0.4) is 0 Å². The van der Waals surface area contributed by atoms with Crippen LogP contribution in [0, 0.1) is 0 Å². The minimum absolute atomic E-state index is 0.0513. The van der Waals surface area contributed by atoms with Crippen molar-refractivity contribution in [2.24, 2.45) is 33.7 Å². The minimum atomic E-state index is -1.38. The monoisotopic (exact) mass is 531 g/mol. The molecule has 5 atom stereocenters. The number of rotatable bonds is 20. The summed E-state index contributed by atoms with van der Waals surface area (Å²) in [5.41, 5.74) is 27.3. The van der Waals surface area contributed by atoms with Crippen LogP contribution in [-0.2, 0) is 19.2 Å². The van der Waals surface area contributed by atoms with Crippen molar-refractivity contribution in [1.82, 2.24) is 16.0 Å². The summed E-state index contributed by atoms with van der Waals surface area (Å²) in [5.74, 6) is -3.56. The number of amides is 3. The third-order valence-electron chi connectivity index (χ3n) is 5.51. The number of carbonyl (C=O) groups excluding carboxylic acids is 3. The summed E-state index contributed by atoms with van der Waals surface area (Å²) in [6, 6.07) is -4.66. The van der Waals surface area contributed by atoms with Gasteiger partial charge in [-0.2, -0.15) is 0 Å².